The molecule has 0 aliphatic carbocycles. The van der Waals surface area contributed by atoms with Gasteiger partial charge in [0.2, 0.25) is 0 Å². The number of carbonyl (C=O) groups excluding carboxylic acids is 4. The molecule has 0 aromatic heterocycles. The van der Waals surface area contributed by atoms with Crippen LogP contribution in [0.4, 0.5) is 0 Å². The number of aromatic hydroxyl groups is 2. The minimum Gasteiger partial charge on any atom is -0.507 e. The molecule has 2 N–H and O–H groups in total. The van der Waals surface area contributed by atoms with Crippen molar-refractivity contribution in [3.63, 3.8) is 0 Å². The van der Waals surface area contributed by atoms with E-state index in [-0.39, 0.29) is 33.8 Å². The molecule has 2 amide bonds. The number of hydrogen-bond acceptors (Lipinski definition) is 10. The molecule has 0 radical (unpaired) electrons. The van der Waals surface area contributed by atoms with Crippen molar-refractivity contribution in [3.05, 3.63) is 118 Å². The van der Waals surface area contributed by atoms with Crippen LogP contribution in [0.3, 0.4) is 0 Å². The highest BCUT2D eigenvalue weighted by Crippen LogP contribution is 2.40. The highest BCUT2D eigenvalue weighted by atomic mass is 16.6. The molecule has 0 unspecified atom stereocenters. The molecule has 0 fully saturated rings. The average molecular weight is 626 g/mol. The van der Waals surface area contributed by atoms with Crippen molar-refractivity contribution in [3.8, 4) is 23.0 Å². The van der Waals surface area contributed by atoms with Gasteiger partial charge >= 0.3 is 11.9 Å². The molecular formula is C35H31NO10. The summed E-state index contributed by atoms with van der Waals surface area (Å²) in [5, 5.41) is 19.4. The molecule has 4 aromatic rings. The second kappa shape index (κ2) is 14.0. The summed E-state index contributed by atoms with van der Waals surface area (Å²) in [6, 6.07) is 23.4. The Bertz CT molecular complexity index is 1790. The van der Waals surface area contributed by atoms with Crippen LogP contribution < -0.4 is 9.47 Å². The summed E-state index contributed by atoms with van der Waals surface area (Å²) < 4.78 is 20.9. The van der Waals surface area contributed by atoms with E-state index in [1.807, 2.05) is 36.4 Å². The summed E-state index contributed by atoms with van der Waals surface area (Å²) >= 11 is 0. The van der Waals surface area contributed by atoms with Crippen LogP contribution >= 0.6 is 0 Å². The molecule has 2 aliphatic heterocycles. The number of hydrogen-bond donors (Lipinski definition) is 2. The number of esters is 2. The minimum absolute atomic E-state index is 0.0394. The third-order valence-corrected chi connectivity index (χ3v) is 7.56. The molecule has 0 spiro atoms. The standard InChI is InChI=1S/C27H27NO6.C8H4O4/c1-32-23-14-13-19(16-24(23)33-2)21(11-7-15-34-17-18-8-4-3-5-9-18)28-26(30)20-10-6-12-22(29)25(20)27(28)31;9-5-3-1-2-4-6(5)8(11)12-7(4)10/h3-6,8-10,12-14,16,21,29H,7,11,15,17H2,1-2H3;1-3,9H/t21-;/m1./s1. The van der Waals surface area contributed by atoms with Crippen molar-refractivity contribution in [1.29, 1.82) is 0 Å². The Hall–Kier alpha value is -5.68. The molecule has 2 aliphatic rings. The number of methoxy groups -OCH3 is 2. The molecule has 0 saturated heterocycles. The number of imide groups is 1. The number of ether oxygens (including phenoxy) is 4. The van der Waals surface area contributed by atoms with Crippen LogP contribution in [0, 0.1) is 0 Å². The number of phenols is 2. The van der Waals surface area contributed by atoms with Crippen LogP contribution in [0.15, 0.2) is 84.9 Å². The van der Waals surface area contributed by atoms with Crippen LogP contribution in [0.2, 0.25) is 0 Å². The van der Waals surface area contributed by atoms with Gasteiger partial charge in [0, 0.05) is 6.61 Å². The molecular weight excluding hydrogens is 594 g/mol. The van der Waals surface area contributed by atoms with Gasteiger partial charge in [0.15, 0.2) is 11.5 Å². The number of benzene rings is 4. The summed E-state index contributed by atoms with van der Waals surface area (Å²) in [7, 11) is 3.08. The fourth-order valence-corrected chi connectivity index (χ4v) is 5.33. The van der Waals surface area contributed by atoms with Crippen LogP contribution in [0.25, 0.3) is 0 Å². The Morgan fingerprint density at radius 2 is 1.39 bits per heavy atom. The van der Waals surface area contributed by atoms with Crippen molar-refractivity contribution < 1.29 is 48.3 Å². The lowest BCUT2D eigenvalue weighted by Crippen LogP contribution is -2.34. The first kappa shape index (κ1) is 31.7. The SMILES string of the molecule is COc1ccc([C@@H](CCCOCc2ccccc2)N2C(=O)c3cccc(O)c3C2=O)cc1OC.O=C1OC(=O)c2c(O)cccc21. The Morgan fingerprint density at radius 3 is 2.04 bits per heavy atom. The zero-order chi connectivity index (χ0) is 32.8. The van der Waals surface area contributed by atoms with Crippen LogP contribution in [0.5, 0.6) is 23.0 Å². The quantitative estimate of drug-likeness (QED) is 0.101. The highest BCUT2D eigenvalue weighted by Gasteiger charge is 2.42. The third-order valence-electron chi connectivity index (χ3n) is 7.56. The van der Waals surface area contributed by atoms with Crippen molar-refractivity contribution >= 4 is 23.8 Å². The summed E-state index contributed by atoms with van der Waals surface area (Å²) in [5.74, 6) is -1.79. The largest absolute Gasteiger partial charge is 0.507 e. The molecule has 236 valence electrons. The first-order valence-electron chi connectivity index (χ1n) is 14.4. The van der Waals surface area contributed by atoms with E-state index in [9.17, 15) is 24.3 Å². The number of nitrogens with zero attached hydrogens (tertiary/aromatic N) is 1. The van der Waals surface area contributed by atoms with E-state index >= 15 is 0 Å². The molecule has 0 saturated carbocycles. The number of cyclic esters (lactones) is 2. The van der Waals surface area contributed by atoms with Crippen LogP contribution in [0.1, 0.15) is 71.4 Å². The minimum atomic E-state index is -0.784. The number of phenolic OH excluding ortho intramolecular Hbond substituents is 2. The average Bonchev–Trinajstić information content (AvgIpc) is 3.51. The van der Waals surface area contributed by atoms with Crippen molar-refractivity contribution in [2.75, 3.05) is 20.8 Å². The van der Waals surface area contributed by atoms with E-state index in [4.69, 9.17) is 19.3 Å². The first-order valence-corrected chi connectivity index (χ1v) is 14.4. The Kier molecular flexibility index (Phi) is 9.63. The summed E-state index contributed by atoms with van der Waals surface area (Å²) in [6.45, 7) is 0.954. The fourth-order valence-electron chi connectivity index (χ4n) is 5.33. The zero-order valence-electron chi connectivity index (χ0n) is 25.1. The van der Waals surface area contributed by atoms with E-state index in [1.165, 1.54) is 36.3 Å². The van der Waals surface area contributed by atoms with Gasteiger partial charge in [-0.05, 0) is 60.4 Å². The van der Waals surface area contributed by atoms with Crippen molar-refractivity contribution in [2.45, 2.75) is 25.5 Å². The normalized spacial score (nSPS) is 13.8. The Morgan fingerprint density at radius 1 is 0.717 bits per heavy atom. The predicted molar refractivity (Wildman–Crippen MR) is 164 cm³/mol. The smallest absolute Gasteiger partial charge is 0.350 e. The molecule has 2 heterocycles. The van der Waals surface area contributed by atoms with Crippen molar-refractivity contribution in [2.24, 2.45) is 0 Å². The zero-order valence-corrected chi connectivity index (χ0v) is 25.1. The van der Waals surface area contributed by atoms with Gasteiger partial charge in [-0.15, -0.1) is 0 Å². The maximum atomic E-state index is 13.3. The third kappa shape index (κ3) is 6.40. The Balaban J connectivity index is 0.000000289. The second-order valence-electron chi connectivity index (χ2n) is 10.4. The highest BCUT2D eigenvalue weighted by molar-refractivity contribution is 6.22. The first-order chi connectivity index (χ1) is 22.2. The topological polar surface area (TPSA) is 149 Å². The molecule has 4 aromatic carbocycles. The number of rotatable bonds is 10. The summed E-state index contributed by atoms with van der Waals surface area (Å²) in [5.41, 5.74) is 2.14. The second-order valence-corrected chi connectivity index (χ2v) is 10.4. The van der Waals surface area contributed by atoms with E-state index in [0.29, 0.717) is 37.6 Å². The molecule has 11 heteroatoms. The predicted octanol–water partition coefficient (Wildman–Crippen LogP) is 5.45. The van der Waals surface area contributed by atoms with E-state index in [1.54, 1.807) is 31.4 Å². The van der Waals surface area contributed by atoms with Gasteiger partial charge in [-0.1, -0.05) is 48.5 Å². The monoisotopic (exact) mass is 625 g/mol. The van der Waals surface area contributed by atoms with E-state index in [0.717, 1.165) is 11.1 Å². The van der Waals surface area contributed by atoms with Gasteiger partial charge in [-0.3, -0.25) is 14.5 Å². The lowest BCUT2D eigenvalue weighted by Gasteiger charge is -2.27. The van der Waals surface area contributed by atoms with Gasteiger partial charge in [0.1, 0.15) is 17.1 Å². The van der Waals surface area contributed by atoms with Gasteiger partial charge in [0.25, 0.3) is 11.8 Å². The van der Waals surface area contributed by atoms with Gasteiger partial charge in [-0.2, -0.15) is 0 Å². The van der Waals surface area contributed by atoms with Gasteiger partial charge in [-0.25, -0.2) is 9.59 Å². The lowest BCUT2D eigenvalue weighted by atomic mass is 9.99. The van der Waals surface area contributed by atoms with Crippen LogP contribution in [-0.2, 0) is 16.1 Å². The fraction of sp³-hybridized carbons (Fsp3) is 0.200. The molecule has 11 nitrogen and oxygen atoms in total. The summed E-state index contributed by atoms with van der Waals surface area (Å²) in [6.07, 6.45) is 1.10. The van der Waals surface area contributed by atoms with Crippen LogP contribution in [-0.4, -0.2) is 59.7 Å². The number of fused-ring (bicyclic) bond motifs is 2. The maximum Gasteiger partial charge on any atom is 0.350 e. The number of carbonyl (C=O) groups is 4. The van der Waals surface area contributed by atoms with Gasteiger partial charge in [0.05, 0.1) is 43.6 Å². The Labute approximate surface area is 264 Å². The molecule has 0 bridgehead atoms. The molecule has 46 heavy (non-hydrogen) atoms. The summed E-state index contributed by atoms with van der Waals surface area (Å²) in [4.78, 5) is 49.5. The van der Waals surface area contributed by atoms with E-state index < -0.39 is 29.8 Å². The van der Waals surface area contributed by atoms with Gasteiger partial charge < -0.3 is 29.2 Å². The van der Waals surface area contributed by atoms with Crippen molar-refractivity contribution in [1.82, 2.24) is 4.90 Å². The molecule has 6 rings (SSSR count). The molecule has 1 atom stereocenters. The number of amides is 2. The lowest BCUT2D eigenvalue weighted by molar-refractivity contribution is 0.0440. The van der Waals surface area contributed by atoms with E-state index in [2.05, 4.69) is 4.74 Å². The maximum absolute atomic E-state index is 13.3.